The molecule has 1 aliphatic carbocycles. The van der Waals surface area contributed by atoms with Crippen molar-refractivity contribution in [2.75, 3.05) is 4.90 Å². The van der Waals surface area contributed by atoms with E-state index in [1.54, 1.807) is 0 Å². The molecule has 11 rings (SSSR count). The summed E-state index contributed by atoms with van der Waals surface area (Å²) in [5.41, 5.74) is 19.3. The fraction of sp³-hybridized carbons (Fsp3) is 0.0526. The van der Waals surface area contributed by atoms with E-state index in [4.69, 9.17) is 0 Å². The zero-order valence-corrected chi connectivity index (χ0v) is 35.1. The lowest BCUT2D eigenvalue weighted by atomic mass is 9.82. The summed E-state index contributed by atoms with van der Waals surface area (Å²) < 4.78 is 3.52. The summed E-state index contributed by atoms with van der Waals surface area (Å²) in [6.45, 7) is 4.69. The molecule has 0 radical (unpaired) electrons. The third-order valence-electron chi connectivity index (χ3n) is 12.4. The van der Waals surface area contributed by atoms with Crippen molar-refractivity contribution >= 4 is 54.8 Å². The summed E-state index contributed by atoms with van der Waals surface area (Å²) in [5.74, 6) is 0. The van der Waals surface area contributed by atoms with Crippen LogP contribution in [0.3, 0.4) is 0 Å². The molecule has 0 spiro atoms. The van der Waals surface area contributed by atoms with Crippen LogP contribution in [-0.2, 0) is 5.41 Å². The highest BCUT2D eigenvalue weighted by atomic mass is 79.9. The highest BCUT2D eigenvalue weighted by Gasteiger charge is 2.35. The molecular formula is C57H41BrN2. The Bertz CT molecular complexity index is 3210. The van der Waals surface area contributed by atoms with Crippen LogP contribution in [-0.4, -0.2) is 4.57 Å². The van der Waals surface area contributed by atoms with E-state index in [-0.39, 0.29) is 5.41 Å². The summed E-state index contributed by atoms with van der Waals surface area (Å²) in [6, 6.07) is 77.6. The molecule has 1 aromatic heterocycles. The minimum atomic E-state index is -0.0452. The van der Waals surface area contributed by atoms with Gasteiger partial charge in [-0.3, -0.25) is 0 Å². The van der Waals surface area contributed by atoms with Crippen molar-refractivity contribution in [3.05, 3.63) is 228 Å². The quantitative estimate of drug-likeness (QED) is 0.155. The summed E-state index contributed by atoms with van der Waals surface area (Å²) in [5, 5.41) is 2.49. The number of hydrogen-bond acceptors (Lipinski definition) is 1. The number of para-hydroxylation sites is 3. The zero-order valence-electron chi connectivity index (χ0n) is 33.5. The third kappa shape index (κ3) is 6.00. The largest absolute Gasteiger partial charge is 0.310 e. The second-order valence-corrected chi connectivity index (χ2v) is 17.2. The molecule has 0 saturated carbocycles. The number of benzene rings is 9. The molecule has 1 aliphatic rings. The van der Waals surface area contributed by atoms with Crippen molar-refractivity contribution in [3.63, 3.8) is 0 Å². The van der Waals surface area contributed by atoms with Gasteiger partial charge in [-0.1, -0.05) is 151 Å². The van der Waals surface area contributed by atoms with Gasteiger partial charge in [0.05, 0.1) is 11.0 Å². The second-order valence-electron chi connectivity index (χ2n) is 16.3. The van der Waals surface area contributed by atoms with E-state index in [2.05, 4.69) is 252 Å². The minimum absolute atomic E-state index is 0.0452. The highest BCUT2D eigenvalue weighted by molar-refractivity contribution is 9.10. The molecule has 3 heteroatoms. The molecule has 0 fully saturated rings. The van der Waals surface area contributed by atoms with Gasteiger partial charge in [0.1, 0.15) is 0 Å². The van der Waals surface area contributed by atoms with Crippen LogP contribution < -0.4 is 4.90 Å². The molecule has 2 nitrogen and oxygen atoms in total. The van der Waals surface area contributed by atoms with Crippen LogP contribution in [0.1, 0.15) is 25.0 Å². The molecular weight excluding hydrogens is 793 g/mol. The second kappa shape index (κ2) is 14.4. The molecule has 0 unspecified atom stereocenters. The number of aromatic nitrogens is 1. The normalized spacial score (nSPS) is 12.7. The Hall–Kier alpha value is -6.94. The van der Waals surface area contributed by atoms with Gasteiger partial charge in [0, 0.05) is 43.4 Å². The molecule has 0 N–H and O–H groups in total. The fourth-order valence-corrected chi connectivity index (χ4v) is 9.99. The standard InChI is InChI=1S/C57H41BrN2/c1-57(2)52-27-11-9-24-49(52)51-37-47(30-31-53(51)57)60-54-28-12-10-25-50(54)56-48(26-15-29-55(56)60)42-33-40(38-16-13-18-43(58)35-38)32-41(34-42)39-17-14-23-46(36-39)59(44-19-5-3-6-20-44)45-21-7-4-8-22-45/h3-37H,1-2H3. The maximum Gasteiger partial charge on any atom is 0.0547 e. The average Bonchev–Trinajstić information content (AvgIpc) is 3.75. The predicted octanol–water partition coefficient (Wildman–Crippen LogP) is 16.3. The lowest BCUT2D eigenvalue weighted by molar-refractivity contribution is 0.660. The van der Waals surface area contributed by atoms with Crippen molar-refractivity contribution in [3.8, 4) is 50.2 Å². The maximum absolute atomic E-state index is 3.77. The van der Waals surface area contributed by atoms with Gasteiger partial charge in [0.25, 0.3) is 0 Å². The van der Waals surface area contributed by atoms with Gasteiger partial charge in [-0.2, -0.15) is 0 Å². The number of halogens is 1. The molecule has 0 atom stereocenters. The smallest absolute Gasteiger partial charge is 0.0547 e. The summed E-state index contributed by atoms with van der Waals surface area (Å²) in [4.78, 5) is 2.33. The molecule has 0 amide bonds. The van der Waals surface area contributed by atoms with E-state index < -0.39 is 0 Å². The number of hydrogen-bond donors (Lipinski definition) is 0. The third-order valence-corrected chi connectivity index (χ3v) is 12.9. The Kier molecular flexibility index (Phi) is 8.68. The molecule has 1 heterocycles. The number of nitrogens with zero attached hydrogens (tertiary/aromatic N) is 2. The van der Waals surface area contributed by atoms with Crippen LogP contribution in [0, 0.1) is 0 Å². The van der Waals surface area contributed by atoms with E-state index in [0.29, 0.717) is 0 Å². The first-order valence-corrected chi connectivity index (χ1v) is 21.4. The Labute approximate surface area is 359 Å². The molecule has 0 aliphatic heterocycles. The zero-order chi connectivity index (χ0) is 40.4. The van der Waals surface area contributed by atoms with Gasteiger partial charge in [-0.15, -0.1) is 0 Å². The predicted molar refractivity (Wildman–Crippen MR) is 257 cm³/mol. The van der Waals surface area contributed by atoms with Gasteiger partial charge in [-0.05, 0) is 147 Å². The van der Waals surface area contributed by atoms with E-state index in [1.807, 2.05) is 0 Å². The fourth-order valence-electron chi connectivity index (χ4n) is 9.60. The summed E-state index contributed by atoms with van der Waals surface area (Å²) in [6.07, 6.45) is 0. The number of fused-ring (bicyclic) bond motifs is 6. The van der Waals surface area contributed by atoms with Gasteiger partial charge >= 0.3 is 0 Å². The maximum atomic E-state index is 3.77. The van der Waals surface area contributed by atoms with Crippen LogP contribution in [0.2, 0.25) is 0 Å². The lowest BCUT2D eigenvalue weighted by Gasteiger charge is -2.26. The summed E-state index contributed by atoms with van der Waals surface area (Å²) in [7, 11) is 0. The molecule has 60 heavy (non-hydrogen) atoms. The summed E-state index contributed by atoms with van der Waals surface area (Å²) >= 11 is 3.77. The Morgan fingerprint density at radius 3 is 1.72 bits per heavy atom. The van der Waals surface area contributed by atoms with Gasteiger partial charge in [0.15, 0.2) is 0 Å². The van der Waals surface area contributed by atoms with E-state index in [9.17, 15) is 0 Å². The molecule has 10 aromatic rings. The monoisotopic (exact) mass is 832 g/mol. The van der Waals surface area contributed by atoms with E-state index in [0.717, 1.165) is 43.8 Å². The Morgan fingerprint density at radius 2 is 0.967 bits per heavy atom. The Morgan fingerprint density at radius 1 is 0.400 bits per heavy atom. The van der Waals surface area contributed by atoms with Crippen LogP contribution in [0.25, 0.3) is 72.0 Å². The molecule has 286 valence electrons. The van der Waals surface area contributed by atoms with Crippen molar-refractivity contribution in [1.29, 1.82) is 0 Å². The van der Waals surface area contributed by atoms with E-state index >= 15 is 0 Å². The van der Waals surface area contributed by atoms with E-state index in [1.165, 1.54) is 60.9 Å². The Balaban J connectivity index is 1.11. The molecule has 9 aromatic carbocycles. The van der Waals surface area contributed by atoms with Crippen LogP contribution in [0.5, 0.6) is 0 Å². The average molecular weight is 834 g/mol. The first-order chi connectivity index (χ1) is 29.4. The number of rotatable bonds is 7. The van der Waals surface area contributed by atoms with Crippen molar-refractivity contribution in [1.82, 2.24) is 4.57 Å². The topological polar surface area (TPSA) is 8.17 Å². The van der Waals surface area contributed by atoms with Crippen molar-refractivity contribution < 1.29 is 0 Å². The molecule has 0 bridgehead atoms. The SMILES string of the molecule is CC1(C)c2ccccc2-c2cc(-n3c4ccccc4c4c(-c5cc(-c6cccc(Br)c6)cc(-c6cccc(N(c7ccccc7)c7ccccc7)c6)c5)cccc43)ccc21. The van der Waals surface area contributed by atoms with Gasteiger partial charge < -0.3 is 9.47 Å². The van der Waals surface area contributed by atoms with Crippen molar-refractivity contribution in [2.45, 2.75) is 19.3 Å². The van der Waals surface area contributed by atoms with Gasteiger partial charge in [-0.25, -0.2) is 0 Å². The van der Waals surface area contributed by atoms with Gasteiger partial charge in [0.2, 0.25) is 0 Å². The van der Waals surface area contributed by atoms with Crippen molar-refractivity contribution in [2.24, 2.45) is 0 Å². The first kappa shape index (κ1) is 36.2. The number of anilines is 3. The molecule has 0 saturated heterocycles. The van der Waals surface area contributed by atoms with Crippen LogP contribution in [0.4, 0.5) is 17.1 Å². The minimum Gasteiger partial charge on any atom is -0.310 e. The lowest BCUT2D eigenvalue weighted by Crippen LogP contribution is -2.14. The highest BCUT2D eigenvalue weighted by Crippen LogP contribution is 2.50. The van der Waals surface area contributed by atoms with Crippen LogP contribution >= 0.6 is 15.9 Å². The van der Waals surface area contributed by atoms with Crippen LogP contribution in [0.15, 0.2) is 217 Å². The first-order valence-electron chi connectivity index (χ1n) is 20.6.